The van der Waals surface area contributed by atoms with Gasteiger partial charge in [0.15, 0.2) is 0 Å². The fourth-order valence-corrected chi connectivity index (χ4v) is 4.56. The van der Waals surface area contributed by atoms with Gasteiger partial charge in [0.1, 0.15) is 15.8 Å². The number of aromatic nitrogens is 2. The fourth-order valence-electron chi connectivity index (χ4n) is 3.30. The zero-order valence-corrected chi connectivity index (χ0v) is 16.3. The lowest BCUT2D eigenvalue weighted by molar-refractivity contribution is -0.121. The van der Waals surface area contributed by atoms with Crippen LogP contribution in [0.5, 0.6) is 0 Å². The number of carbonyl (C=O) groups is 1. The Morgan fingerprint density at radius 1 is 1.26 bits per heavy atom. The van der Waals surface area contributed by atoms with Crippen LogP contribution in [-0.4, -0.2) is 44.1 Å². The number of hydrogen-bond acceptors (Lipinski definition) is 6. The molecule has 2 aromatic rings. The van der Waals surface area contributed by atoms with E-state index < -0.39 is 0 Å². The first kappa shape index (κ1) is 17.9. The Morgan fingerprint density at radius 3 is 2.78 bits per heavy atom. The van der Waals surface area contributed by atoms with Crippen molar-refractivity contribution in [3.05, 3.63) is 57.9 Å². The molecule has 2 fully saturated rings. The molecule has 0 N–H and O–H groups in total. The second kappa shape index (κ2) is 7.28. The van der Waals surface area contributed by atoms with Crippen molar-refractivity contribution in [2.24, 2.45) is 0 Å². The summed E-state index contributed by atoms with van der Waals surface area (Å²) in [5.41, 5.74) is 0.844. The molecule has 138 valence electrons. The van der Waals surface area contributed by atoms with Crippen LogP contribution in [0.25, 0.3) is 11.7 Å². The van der Waals surface area contributed by atoms with Gasteiger partial charge in [-0.05, 0) is 31.1 Å². The average molecular weight is 399 g/mol. The first-order valence-corrected chi connectivity index (χ1v) is 9.95. The zero-order chi connectivity index (χ0) is 19.0. The minimum atomic E-state index is -0.199. The number of thioether (sulfide) groups is 1. The number of amides is 1. The lowest BCUT2D eigenvalue weighted by Gasteiger charge is -2.19. The monoisotopic (exact) mass is 398 g/mol. The van der Waals surface area contributed by atoms with E-state index in [0.717, 1.165) is 25.9 Å². The van der Waals surface area contributed by atoms with Gasteiger partial charge in [-0.2, -0.15) is 0 Å². The van der Waals surface area contributed by atoms with Crippen molar-refractivity contribution in [2.45, 2.75) is 12.8 Å². The Morgan fingerprint density at radius 2 is 2.04 bits per heavy atom. The molecular formula is C19H18N4O2S2. The topological polar surface area (TPSA) is 57.9 Å². The van der Waals surface area contributed by atoms with Crippen molar-refractivity contribution in [1.29, 1.82) is 0 Å². The predicted molar refractivity (Wildman–Crippen MR) is 113 cm³/mol. The van der Waals surface area contributed by atoms with E-state index in [2.05, 4.69) is 11.5 Å². The Labute approximate surface area is 166 Å². The van der Waals surface area contributed by atoms with Crippen molar-refractivity contribution in [3.63, 3.8) is 0 Å². The van der Waals surface area contributed by atoms with Gasteiger partial charge in [-0.15, -0.1) is 6.58 Å². The van der Waals surface area contributed by atoms with Crippen LogP contribution in [0.4, 0.5) is 5.82 Å². The van der Waals surface area contributed by atoms with Gasteiger partial charge in [-0.25, -0.2) is 4.98 Å². The Kier molecular flexibility index (Phi) is 4.84. The summed E-state index contributed by atoms with van der Waals surface area (Å²) in [7, 11) is 0. The Bertz CT molecular complexity index is 1040. The number of rotatable bonds is 4. The molecule has 2 aliphatic heterocycles. The van der Waals surface area contributed by atoms with Crippen LogP contribution in [0.1, 0.15) is 18.4 Å². The maximum atomic E-state index is 13.2. The van der Waals surface area contributed by atoms with Crippen LogP contribution in [0.3, 0.4) is 0 Å². The van der Waals surface area contributed by atoms with Crippen molar-refractivity contribution >= 4 is 51.7 Å². The smallest absolute Gasteiger partial charge is 0.267 e. The highest BCUT2D eigenvalue weighted by Gasteiger charge is 2.32. The minimum absolute atomic E-state index is 0.184. The summed E-state index contributed by atoms with van der Waals surface area (Å²) in [4.78, 5) is 34.6. The van der Waals surface area contributed by atoms with Crippen LogP contribution in [-0.2, 0) is 4.79 Å². The number of fused-ring (bicyclic) bond motifs is 1. The van der Waals surface area contributed by atoms with Crippen LogP contribution in [0, 0.1) is 0 Å². The van der Waals surface area contributed by atoms with Gasteiger partial charge in [-0.1, -0.05) is 36.1 Å². The van der Waals surface area contributed by atoms with Crippen molar-refractivity contribution in [1.82, 2.24) is 14.3 Å². The molecule has 0 aromatic carbocycles. The second-order valence-corrected chi connectivity index (χ2v) is 8.03. The Balaban J connectivity index is 1.87. The first-order valence-electron chi connectivity index (χ1n) is 8.73. The third-order valence-corrected chi connectivity index (χ3v) is 5.99. The van der Waals surface area contributed by atoms with E-state index in [4.69, 9.17) is 17.2 Å². The molecule has 0 bridgehead atoms. The average Bonchev–Trinajstić information content (AvgIpc) is 3.29. The molecular weight excluding hydrogens is 380 g/mol. The summed E-state index contributed by atoms with van der Waals surface area (Å²) in [6, 6.07) is 5.46. The summed E-state index contributed by atoms with van der Waals surface area (Å²) in [5.74, 6) is 0.438. The van der Waals surface area contributed by atoms with Gasteiger partial charge in [0.2, 0.25) is 0 Å². The standard InChI is InChI=1S/C19H18N4O2S2/c1-2-8-23-18(25)14(27-19(23)26)12-13-16(21-9-5-6-10-21)20-15-7-3-4-11-22(15)17(13)24/h2-4,7,11-12H,1,5-6,8-10H2/b14-12-. The largest absolute Gasteiger partial charge is 0.356 e. The minimum Gasteiger partial charge on any atom is -0.356 e. The summed E-state index contributed by atoms with van der Waals surface area (Å²) < 4.78 is 1.98. The van der Waals surface area contributed by atoms with Gasteiger partial charge in [0, 0.05) is 25.8 Å². The molecule has 0 radical (unpaired) electrons. The molecule has 0 spiro atoms. The highest BCUT2D eigenvalue weighted by Crippen LogP contribution is 2.33. The van der Waals surface area contributed by atoms with Gasteiger partial charge in [-0.3, -0.25) is 18.9 Å². The number of anilines is 1. The van der Waals surface area contributed by atoms with E-state index in [9.17, 15) is 9.59 Å². The van der Waals surface area contributed by atoms with Crippen LogP contribution >= 0.6 is 24.0 Å². The van der Waals surface area contributed by atoms with E-state index >= 15 is 0 Å². The van der Waals surface area contributed by atoms with E-state index in [1.54, 1.807) is 24.4 Å². The van der Waals surface area contributed by atoms with Gasteiger partial charge in [0.05, 0.1) is 10.5 Å². The van der Waals surface area contributed by atoms with Crippen molar-refractivity contribution in [3.8, 4) is 0 Å². The van der Waals surface area contributed by atoms with Gasteiger partial charge in [0.25, 0.3) is 11.5 Å². The molecule has 0 aliphatic carbocycles. The molecule has 4 rings (SSSR count). The number of thiocarbonyl (C=S) groups is 1. The molecule has 2 saturated heterocycles. The SMILES string of the molecule is C=CCN1C(=O)/C(=C/c2c(N3CCCC3)nc3ccccn3c2=O)SC1=S. The highest BCUT2D eigenvalue weighted by atomic mass is 32.2. The van der Waals surface area contributed by atoms with E-state index in [-0.39, 0.29) is 11.5 Å². The number of nitrogens with zero attached hydrogens (tertiary/aromatic N) is 4. The number of carbonyl (C=O) groups excluding carboxylic acids is 1. The van der Waals surface area contributed by atoms with Crippen molar-refractivity contribution < 1.29 is 4.79 Å². The maximum Gasteiger partial charge on any atom is 0.267 e. The number of hydrogen-bond donors (Lipinski definition) is 0. The third kappa shape index (κ3) is 3.19. The molecule has 4 heterocycles. The molecule has 8 heteroatoms. The fraction of sp³-hybridized carbons (Fsp3) is 0.263. The van der Waals surface area contributed by atoms with E-state index in [0.29, 0.717) is 32.8 Å². The lowest BCUT2D eigenvalue weighted by atomic mass is 10.2. The molecule has 6 nitrogen and oxygen atoms in total. The third-order valence-electron chi connectivity index (χ3n) is 4.62. The predicted octanol–water partition coefficient (Wildman–Crippen LogP) is 2.68. The molecule has 0 atom stereocenters. The molecule has 2 aromatic heterocycles. The quantitative estimate of drug-likeness (QED) is 0.448. The zero-order valence-electron chi connectivity index (χ0n) is 14.6. The number of pyridine rings is 1. The molecule has 27 heavy (non-hydrogen) atoms. The van der Waals surface area contributed by atoms with Crippen LogP contribution in [0.2, 0.25) is 0 Å². The molecule has 0 saturated carbocycles. The molecule has 2 aliphatic rings. The molecule has 0 unspecified atom stereocenters. The van der Waals surface area contributed by atoms with E-state index in [1.165, 1.54) is 21.1 Å². The first-order chi connectivity index (χ1) is 13.1. The summed E-state index contributed by atoms with van der Waals surface area (Å²) in [5, 5.41) is 0. The Hall–Kier alpha value is -2.45. The van der Waals surface area contributed by atoms with Crippen molar-refractivity contribution in [2.75, 3.05) is 24.5 Å². The summed E-state index contributed by atoms with van der Waals surface area (Å²) in [6.45, 7) is 5.73. The summed E-state index contributed by atoms with van der Waals surface area (Å²) >= 11 is 6.50. The second-order valence-electron chi connectivity index (χ2n) is 6.36. The normalized spacial score (nSPS) is 18.9. The van der Waals surface area contributed by atoms with Crippen LogP contribution < -0.4 is 10.5 Å². The van der Waals surface area contributed by atoms with Gasteiger partial charge < -0.3 is 4.90 Å². The summed E-state index contributed by atoms with van der Waals surface area (Å²) in [6.07, 6.45) is 7.10. The highest BCUT2D eigenvalue weighted by molar-refractivity contribution is 8.26. The molecule has 1 amide bonds. The van der Waals surface area contributed by atoms with Crippen LogP contribution in [0.15, 0.2) is 46.8 Å². The lowest BCUT2D eigenvalue weighted by Crippen LogP contribution is -2.28. The van der Waals surface area contributed by atoms with Gasteiger partial charge >= 0.3 is 0 Å². The maximum absolute atomic E-state index is 13.2. The van der Waals surface area contributed by atoms with E-state index in [1.807, 2.05) is 12.1 Å².